The fraction of sp³-hybridized carbons (Fsp3) is 0.333. The van der Waals surface area contributed by atoms with Crippen LogP contribution in [0.3, 0.4) is 0 Å². The average Bonchev–Trinajstić information content (AvgIpc) is 2.66. The molecule has 0 saturated heterocycles. The van der Waals surface area contributed by atoms with Gasteiger partial charge in [0, 0.05) is 16.6 Å². The molecule has 28 heavy (non-hydrogen) atoms. The van der Waals surface area contributed by atoms with Crippen molar-refractivity contribution in [2.45, 2.75) is 26.8 Å². The molecule has 0 fully saturated rings. The Labute approximate surface area is 178 Å². The van der Waals surface area contributed by atoms with Gasteiger partial charge in [-0.15, -0.1) is 0 Å². The maximum Gasteiger partial charge on any atom is 0.251 e. The number of hydrogen-bond acceptors (Lipinski definition) is 3. The number of nitrogens with zero attached hydrogens (tertiary/aromatic N) is 2. The summed E-state index contributed by atoms with van der Waals surface area (Å²) in [5.41, 5.74) is 2.16. The lowest BCUT2D eigenvalue weighted by molar-refractivity contribution is -0.128. The first-order valence-corrected chi connectivity index (χ1v) is 10.4. The SMILES string of the molecule is CC(C)CCNC(=O)c1ccc(CN2C(=O)C3C=C(Br)C=CC3=NC2=S)cc1. The van der Waals surface area contributed by atoms with Crippen LogP contribution in [-0.4, -0.2) is 34.1 Å². The molecule has 146 valence electrons. The Morgan fingerprint density at radius 3 is 2.68 bits per heavy atom. The predicted molar refractivity (Wildman–Crippen MR) is 118 cm³/mol. The third-order valence-corrected chi connectivity index (χ3v) is 5.45. The van der Waals surface area contributed by atoms with Gasteiger partial charge < -0.3 is 5.32 Å². The number of nitrogens with one attached hydrogen (secondary N) is 1. The highest BCUT2D eigenvalue weighted by atomic mass is 79.9. The molecule has 1 N–H and O–H groups in total. The van der Waals surface area contributed by atoms with Crippen LogP contribution in [0.1, 0.15) is 36.2 Å². The topological polar surface area (TPSA) is 61.8 Å². The predicted octanol–water partition coefficient (Wildman–Crippen LogP) is 4.00. The molecule has 1 aliphatic carbocycles. The van der Waals surface area contributed by atoms with Crippen LogP contribution in [0.15, 0.2) is 52.0 Å². The molecule has 1 aromatic carbocycles. The van der Waals surface area contributed by atoms with E-state index in [2.05, 4.69) is 40.1 Å². The van der Waals surface area contributed by atoms with Crippen molar-refractivity contribution in [1.82, 2.24) is 10.2 Å². The second-order valence-corrected chi connectivity index (χ2v) is 8.52. The highest BCUT2D eigenvalue weighted by Crippen LogP contribution is 2.26. The molecule has 0 bridgehead atoms. The van der Waals surface area contributed by atoms with Gasteiger partial charge in [0.15, 0.2) is 0 Å². The molecule has 0 radical (unpaired) electrons. The molecular weight excluding hydrogens is 438 g/mol. The van der Waals surface area contributed by atoms with E-state index >= 15 is 0 Å². The largest absolute Gasteiger partial charge is 0.352 e. The van der Waals surface area contributed by atoms with Crippen LogP contribution in [-0.2, 0) is 11.3 Å². The average molecular weight is 460 g/mol. The van der Waals surface area contributed by atoms with Crippen molar-refractivity contribution < 1.29 is 9.59 Å². The van der Waals surface area contributed by atoms with E-state index in [-0.39, 0.29) is 16.9 Å². The summed E-state index contributed by atoms with van der Waals surface area (Å²) in [6, 6.07) is 7.23. The number of carbonyl (C=O) groups excluding carboxylic acids is 2. The van der Waals surface area contributed by atoms with Gasteiger partial charge in [0.1, 0.15) is 5.92 Å². The first-order valence-electron chi connectivity index (χ1n) is 9.21. The standard InChI is InChI=1S/C21H22BrN3O2S/c1-13(2)9-10-23-19(26)15-5-3-14(4-6-15)12-25-20(27)17-11-16(22)7-8-18(17)24-21(25)28/h3-8,11,13,17H,9-10,12H2,1-2H3,(H,23,26). The van der Waals surface area contributed by atoms with E-state index in [1.807, 2.05) is 30.4 Å². The number of rotatable bonds is 6. The van der Waals surface area contributed by atoms with Gasteiger partial charge in [-0.2, -0.15) is 0 Å². The van der Waals surface area contributed by atoms with Crippen molar-refractivity contribution in [2.24, 2.45) is 16.8 Å². The van der Waals surface area contributed by atoms with Gasteiger partial charge in [0.2, 0.25) is 11.0 Å². The van der Waals surface area contributed by atoms with Crippen molar-refractivity contribution in [3.63, 3.8) is 0 Å². The highest BCUT2D eigenvalue weighted by Gasteiger charge is 2.34. The molecule has 5 nitrogen and oxygen atoms in total. The number of hydrogen-bond donors (Lipinski definition) is 1. The highest BCUT2D eigenvalue weighted by molar-refractivity contribution is 9.11. The summed E-state index contributed by atoms with van der Waals surface area (Å²) in [5, 5.41) is 3.19. The molecule has 1 aliphatic heterocycles. The van der Waals surface area contributed by atoms with Crippen LogP contribution in [0.5, 0.6) is 0 Å². The number of allylic oxidation sites excluding steroid dienone is 3. The Hall–Kier alpha value is -2.12. The number of amides is 2. The molecule has 3 rings (SSSR count). The minimum Gasteiger partial charge on any atom is -0.352 e. The van der Waals surface area contributed by atoms with Crippen LogP contribution in [0.25, 0.3) is 0 Å². The zero-order chi connectivity index (χ0) is 20.3. The summed E-state index contributed by atoms with van der Waals surface area (Å²) in [5.74, 6) is -0.0502. The van der Waals surface area contributed by atoms with Gasteiger partial charge in [-0.3, -0.25) is 14.5 Å². The summed E-state index contributed by atoms with van der Waals surface area (Å²) in [7, 11) is 0. The summed E-state index contributed by atoms with van der Waals surface area (Å²) in [6.45, 7) is 5.24. The van der Waals surface area contributed by atoms with Gasteiger partial charge in [-0.1, -0.05) is 48.0 Å². The summed E-state index contributed by atoms with van der Waals surface area (Å²) < 4.78 is 0.852. The fourth-order valence-electron chi connectivity index (χ4n) is 2.97. The van der Waals surface area contributed by atoms with Gasteiger partial charge >= 0.3 is 0 Å². The van der Waals surface area contributed by atoms with Crippen LogP contribution in [0, 0.1) is 11.8 Å². The van der Waals surface area contributed by atoms with E-state index in [0.29, 0.717) is 30.3 Å². The molecule has 1 unspecified atom stereocenters. The number of carbonyl (C=O) groups is 2. The van der Waals surface area contributed by atoms with E-state index in [4.69, 9.17) is 12.2 Å². The van der Waals surface area contributed by atoms with Crippen molar-refractivity contribution in [2.75, 3.05) is 6.54 Å². The van der Waals surface area contributed by atoms with Crippen molar-refractivity contribution in [1.29, 1.82) is 0 Å². The van der Waals surface area contributed by atoms with Crippen molar-refractivity contribution >= 4 is 50.8 Å². The Kier molecular flexibility index (Phi) is 6.57. The van der Waals surface area contributed by atoms with Gasteiger partial charge in [-0.25, -0.2) is 4.99 Å². The maximum atomic E-state index is 12.9. The number of benzene rings is 1. The molecule has 0 spiro atoms. The Bertz CT molecular complexity index is 887. The minimum absolute atomic E-state index is 0.0880. The second-order valence-electron chi connectivity index (χ2n) is 7.24. The third-order valence-electron chi connectivity index (χ3n) is 4.61. The molecule has 1 heterocycles. The van der Waals surface area contributed by atoms with E-state index in [1.54, 1.807) is 12.1 Å². The summed E-state index contributed by atoms with van der Waals surface area (Å²) in [6.07, 6.45) is 6.44. The zero-order valence-corrected chi connectivity index (χ0v) is 18.2. The molecule has 1 atom stereocenters. The molecule has 2 amide bonds. The fourth-order valence-corrected chi connectivity index (χ4v) is 3.63. The lowest BCUT2D eigenvalue weighted by Crippen LogP contribution is -2.45. The molecule has 1 aromatic rings. The third kappa shape index (κ3) is 4.83. The van der Waals surface area contributed by atoms with Gasteiger partial charge in [0.05, 0.1) is 12.3 Å². The van der Waals surface area contributed by atoms with Crippen molar-refractivity contribution in [3.05, 3.63) is 58.1 Å². The van der Waals surface area contributed by atoms with Gasteiger partial charge in [0.25, 0.3) is 5.91 Å². The molecule has 2 aliphatic rings. The lowest BCUT2D eigenvalue weighted by Gasteiger charge is -2.30. The smallest absolute Gasteiger partial charge is 0.251 e. The number of fused-ring (bicyclic) bond motifs is 1. The van der Waals surface area contributed by atoms with E-state index < -0.39 is 5.92 Å². The van der Waals surface area contributed by atoms with Crippen LogP contribution >= 0.6 is 28.1 Å². The Morgan fingerprint density at radius 1 is 1.29 bits per heavy atom. The molecular formula is C21H22BrN3O2S. The Morgan fingerprint density at radius 2 is 2.00 bits per heavy atom. The monoisotopic (exact) mass is 459 g/mol. The summed E-state index contributed by atoms with van der Waals surface area (Å²) >= 11 is 8.73. The van der Waals surface area contributed by atoms with Crippen LogP contribution in [0.2, 0.25) is 0 Å². The van der Waals surface area contributed by atoms with Crippen LogP contribution < -0.4 is 5.32 Å². The number of thiocarbonyl (C=S) groups is 1. The minimum atomic E-state index is -0.419. The first-order chi connectivity index (χ1) is 13.3. The number of aliphatic imine (C=N–C) groups is 1. The van der Waals surface area contributed by atoms with E-state index in [9.17, 15) is 9.59 Å². The Balaban J connectivity index is 1.66. The summed E-state index contributed by atoms with van der Waals surface area (Å²) in [4.78, 5) is 31.0. The maximum absolute atomic E-state index is 12.9. The van der Waals surface area contributed by atoms with E-state index in [0.717, 1.165) is 16.5 Å². The molecule has 7 heteroatoms. The normalized spacial score (nSPS) is 18.7. The van der Waals surface area contributed by atoms with Crippen molar-refractivity contribution in [3.8, 4) is 0 Å². The quantitative estimate of drug-likeness (QED) is 0.653. The number of halogens is 1. The lowest BCUT2D eigenvalue weighted by atomic mass is 9.95. The second kappa shape index (κ2) is 8.92. The molecule has 0 aromatic heterocycles. The van der Waals surface area contributed by atoms with Gasteiger partial charge in [-0.05, 0) is 54.4 Å². The zero-order valence-electron chi connectivity index (χ0n) is 15.8. The first kappa shape index (κ1) is 20.6. The van der Waals surface area contributed by atoms with Crippen LogP contribution in [0.4, 0.5) is 0 Å². The van der Waals surface area contributed by atoms with E-state index in [1.165, 1.54) is 4.90 Å². The molecule has 0 saturated carbocycles.